The number of rotatable bonds is 2. The third-order valence-corrected chi connectivity index (χ3v) is 3.90. The lowest BCUT2D eigenvalue weighted by Crippen LogP contribution is -2.30. The lowest BCUT2D eigenvalue weighted by molar-refractivity contribution is 0.575. The fourth-order valence-corrected chi connectivity index (χ4v) is 3.01. The van der Waals surface area contributed by atoms with Gasteiger partial charge in [-0.2, -0.15) is 4.98 Å². The Kier molecular flexibility index (Phi) is 2.82. The molecule has 1 aliphatic heterocycles. The van der Waals surface area contributed by atoms with Crippen LogP contribution in [0.15, 0.2) is 11.4 Å². The number of thiophene rings is 1. The van der Waals surface area contributed by atoms with E-state index >= 15 is 0 Å². The Morgan fingerprint density at radius 3 is 2.82 bits per heavy atom. The zero-order valence-corrected chi connectivity index (χ0v) is 10.3. The average Bonchev–Trinajstić information content (AvgIpc) is 2.86. The molecule has 0 bridgehead atoms. The highest BCUT2D eigenvalue weighted by molar-refractivity contribution is 7.16. The van der Waals surface area contributed by atoms with Crippen LogP contribution >= 0.6 is 11.3 Å². The van der Waals surface area contributed by atoms with Gasteiger partial charge in [-0.15, -0.1) is 11.3 Å². The molecule has 0 spiro atoms. The molecule has 2 aromatic rings. The van der Waals surface area contributed by atoms with E-state index in [0.717, 1.165) is 29.1 Å². The van der Waals surface area contributed by atoms with Gasteiger partial charge in [-0.05, 0) is 30.7 Å². The van der Waals surface area contributed by atoms with Gasteiger partial charge in [0.15, 0.2) is 0 Å². The summed E-state index contributed by atoms with van der Waals surface area (Å²) in [4.78, 5) is 12.2. The number of nitrogens with two attached hydrogens (primary N) is 1. The SMILES string of the molecule is NNc1nc(N2CCCCC2)c2ccsc2n1. The summed E-state index contributed by atoms with van der Waals surface area (Å²) in [6, 6.07) is 2.09. The Morgan fingerprint density at radius 1 is 1.24 bits per heavy atom. The first-order chi connectivity index (χ1) is 8.38. The average molecular weight is 249 g/mol. The predicted octanol–water partition coefficient (Wildman–Crippen LogP) is 1.97. The molecule has 3 N–H and O–H groups in total. The first-order valence-electron chi connectivity index (χ1n) is 5.85. The largest absolute Gasteiger partial charge is 0.356 e. The molecular formula is C11H15N5S. The molecule has 0 atom stereocenters. The summed E-state index contributed by atoms with van der Waals surface area (Å²) in [6.45, 7) is 2.15. The van der Waals surface area contributed by atoms with Crippen LogP contribution in [0.3, 0.4) is 0 Å². The highest BCUT2D eigenvalue weighted by Gasteiger charge is 2.17. The molecule has 17 heavy (non-hydrogen) atoms. The smallest absolute Gasteiger partial charge is 0.240 e. The van der Waals surface area contributed by atoms with Gasteiger partial charge >= 0.3 is 0 Å². The maximum absolute atomic E-state index is 5.42. The van der Waals surface area contributed by atoms with E-state index in [1.165, 1.54) is 19.3 Å². The summed E-state index contributed by atoms with van der Waals surface area (Å²) in [5.41, 5.74) is 2.55. The van der Waals surface area contributed by atoms with Crippen LogP contribution in [-0.2, 0) is 0 Å². The van der Waals surface area contributed by atoms with Crippen molar-refractivity contribution in [2.24, 2.45) is 5.84 Å². The first-order valence-corrected chi connectivity index (χ1v) is 6.73. The molecule has 0 radical (unpaired) electrons. The lowest BCUT2D eigenvalue weighted by atomic mass is 10.1. The Hall–Kier alpha value is -1.40. The number of aromatic nitrogens is 2. The number of nitrogens with zero attached hydrogens (tertiary/aromatic N) is 3. The van der Waals surface area contributed by atoms with Gasteiger partial charge < -0.3 is 4.90 Å². The molecule has 0 aliphatic carbocycles. The van der Waals surface area contributed by atoms with Gasteiger partial charge in [0.1, 0.15) is 10.6 Å². The predicted molar refractivity (Wildman–Crippen MR) is 71.3 cm³/mol. The van der Waals surface area contributed by atoms with Crippen LogP contribution in [-0.4, -0.2) is 23.1 Å². The Bertz CT molecular complexity index is 518. The highest BCUT2D eigenvalue weighted by atomic mass is 32.1. The molecule has 0 unspecified atom stereocenters. The number of nitrogen functional groups attached to an aromatic ring is 1. The van der Waals surface area contributed by atoms with Gasteiger partial charge in [-0.1, -0.05) is 0 Å². The van der Waals surface area contributed by atoms with Gasteiger partial charge in [0.05, 0.1) is 5.39 Å². The molecule has 0 amide bonds. The number of nitrogens with one attached hydrogen (secondary N) is 1. The Balaban J connectivity index is 2.08. The number of hydrogen-bond donors (Lipinski definition) is 2. The van der Waals surface area contributed by atoms with Crippen LogP contribution in [0.2, 0.25) is 0 Å². The van der Waals surface area contributed by atoms with E-state index in [4.69, 9.17) is 5.84 Å². The molecule has 90 valence electrons. The monoisotopic (exact) mass is 249 g/mol. The molecule has 6 heteroatoms. The van der Waals surface area contributed by atoms with Crippen LogP contribution in [0.5, 0.6) is 0 Å². The second-order valence-electron chi connectivity index (χ2n) is 4.20. The van der Waals surface area contributed by atoms with Crippen molar-refractivity contribution >= 4 is 33.3 Å². The zero-order valence-electron chi connectivity index (χ0n) is 9.52. The number of fused-ring (bicyclic) bond motifs is 1. The van der Waals surface area contributed by atoms with Crippen molar-refractivity contribution in [1.82, 2.24) is 9.97 Å². The number of hydrogen-bond acceptors (Lipinski definition) is 6. The second-order valence-corrected chi connectivity index (χ2v) is 5.10. The van der Waals surface area contributed by atoms with E-state index in [0.29, 0.717) is 5.95 Å². The van der Waals surface area contributed by atoms with Crippen molar-refractivity contribution in [2.45, 2.75) is 19.3 Å². The fourth-order valence-electron chi connectivity index (χ4n) is 2.25. The van der Waals surface area contributed by atoms with Crippen LogP contribution < -0.4 is 16.2 Å². The molecular weight excluding hydrogens is 234 g/mol. The molecule has 1 fully saturated rings. The molecule has 0 aromatic carbocycles. The molecule has 1 saturated heterocycles. The summed E-state index contributed by atoms with van der Waals surface area (Å²) >= 11 is 1.62. The number of anilines is 2. The van der Waals surface area contributed by atoms with E-state index in [1.807, 2.05) is 5.38 Å². The molecule has 3 heterocycles. The summed E-state index contributed by atoms with van der Waals surface area (Å²) < 4.78 is 0. The van der Waals surface area contributed by atoms with E-state index < -0.39 is 0 Å². The summed E-state index contributed by atoms with van der Waals surface area (Å²) in [7, 11) is 0. The van der Waals surface area contributed by atoms with Crippen molar-refractivity contribution < 1.29 is 0 Å². The third kappa shape index (κ3) is 1.94. The summed E-state index contributed by atoms with van der Waals surface area (Å²) in [5.74, 6) is 6.94. The van der Waals surface area contributed by atoms with E-state index in [1.54, 1.807) is 11.3 Å². The molecule has 0 saturated carbocycles. The summed E-state index contributed by atoms with van der Waals surface area (Å²) in [5, 5.41) is 3.18. The molecule has 1 aliphatic rings. The van der Waals surface area contributed by atoms with Crippen molar-refractivity contribution in [3.8, 4) is 0 Å². The maximum Gasteiger partial charge on any atom is 0.240 e. The number of hydrazine groups is 1. The quantitative estimate of drug-likeness (QED) is 0.629. The maximum atomic E-state index is 5.42. The van der Waals surface area contributed by atoms with Crippen LogP contribution in [0, 0.1) is 0 Å². The molecule has 2 aromatic heterocycles. The van der Waals surface area contributed by atoms with Crippen LogP contribution in [0.1, 0.15) is 19.3 Å². The molecule has 5 nitrogen and oxygen atoms in total. The van der Waals surface area contributed by atoms with Crippen molar-refractivity contribution in [3.63, 3.8) is 0 Å². The van der Waals surface area contributed by atoms with E-state index in [9.17, 15) is 0 Å². The molecule has 3 rings (SSSR count). The minimum Gasteiger partial charge on any atom is -0.356 e. The minimum absolute atomic E-state index is 0.500. The van der Waals surface area contributed by atoms with Crippen molar-refractivity contribution in [2.75, 3.05) is 23.4 Å². The van der Waals surface area contributed by atoms with Gasteiger partial charge in [0.2, 0.25) is 5.95 Å². The standard InChI is InChI=1S/C11H15N5S/c12-15-11-13-9(16-5-2-1-3-6-16)8-4-7-17-10(8)14-11/h4,7H,1-3,5-6,12H2,(H,13,14,15). The highest BCUT2D eigenvalue weighted by Crippen LogP contribution is 2.30. The zero-order chi connectivity index (χ0) is 11.7. The third-order valence-electron chi connectivity index (χ3n) is 3.09. The van der Waals surface area contributed by atoms with Gasteiger partial charge in [0, 0.05) is 13.1 Å². The summed E-state index contributed by atoms with van der Waals surface area (Å²) in [6.07, 6.45) is 3.79. The van der Waals surface area contributed by atoms with E-state index in [2.05, 4.69) is 26.4 Å². The second kappa shape index (κ2) is 4.46. The Labute approximate surface area is 104 Å². The normalized spacial score (nSPS) is 16.4. The minimum atomic E-state index is 0.500. The fraction of sp³-hybridized carbons (Fsp3) is 0.455. The van der Waals surface area contributed by atoms with Gasteiger partial charge in [-0.25, -0.2) is 10.8 Å². The van der Waals surface area contributed by atoms with Crippen molar-refractivity contribution in [1.29, 1.82) is 0 Å². The van der Waals surface area contributed by atoms with Crippen molar-refractivity contribution in [3.05, 3.63) is 11.4 Å². The first kappa shape index (κ1) is 10.7. The topological polar surface area (TPSA) is 67.1 Å². The van der Waals surface area contributed by atoms with Crippen LogP contribution in [0.4, 0.5) is 11.8 Å². The van der Waals surface area contributed by atoms with Crippen LogP contribution in [0.25, 0.3) is 10.2 Å². The van der Waals surface area contributed by atoms with Gasteiger partial charge in [0.25, 0.3) is 0 Å². The van der Waals surface area contributed by atoms with E-state index in [-0.39, 0.29) is 0 Å². The lowest BCUT2D eigenvalue weighted by Gasteiger charge is -2.28. The number of piperidine rings is 1. The Morgan fingerprint density at radius 2 is 2.06 bits per heavy atom. The van der Waals surface area contributed by atoms with Gasteiger partial charge in [-0.3, -0.25) is 5.43 Å².